The third-order valence-corrected chi connectivity index (χ3v) is 2.88. The van der Waals surface area contributed by atoms with Gasteiger partial charge in [-0.2, -0.15) is 0 Å². The molecule has 0 saturated carbocycles. The van der Waals surface area contributed by atoms with Crippen molar-refractivity contribution in [1.82, 2.24) is 9.55 Å². The van der Waals surface area contributed by atoms with Gasteiger partial charge in [0.1, 0.15) is 5.82 Å². The van der Waals surface area contributed by atoms with Crippen LogP contribution in [-0.4, -0.2) is 15.4 Å². The molecule has 0 saturated heterocycles. The van der Waals surface area contributed by atoms with E-state index in [0.29, 0.717) is 5.88 Å². The number of hydrogen-bond donors (Lipinski definition) is 0. The van der Waals surface area contributed by atoms with Crippen LogP contribution in [0.5, 0.6) is 0 Å². The van der Waals surface area contributed by atoms with Crippen molar-refractivity contribution in [3.63, 3.8) is 0 Å². The molecular formula is C12H15ClN2. The SMILES string of the molecule is CCn1c(CCCl)nc2c(C)cccc21. The number of aryl methyl sites for hydroxylation is 3. The molecule has 2 rings (SSSR count). The van der Waals surface area contributed by atoms with E-state index < -0.39 is 0 Å². The lowest BCUT2D eigenvalue weighted by molar-refractivity contribution is 0.727. The number of imidazole rings is 1. The second-order valence-electron chi connectivity index (χ2n) is 3.65. The molecular weight excluding hydrogens is 208 g/mol. The summed E-state index contributed by atoms with van der Waals surface area (Å²) in [4.78, 5) is 4.65. The standard InChI is InChI=1S/C12H15ClN2/c1-3-15-10-6-4-5-9(2)12(10)14-11(15)7-8-13/h4-6H,3,7-8H2,1-2H3. The van der Waals surface area contributed by atoms with E-state index in [0.717, 1.165) is 24.3 Å². The van der Waals surface area contributed by atoms with Gasteiger partial charge in [0.2, 0.25) is 0 Å². The highest BCUT2D eigenvalue weighted by atomic mass is 35.5. The Balaban J connectivity index is 2.67. The van der Waals surface area contributed by atoms with E-state index in [9.17, 15) is 0 Å². The topological polar surface area (TPSA) is 17.8 Å². The average molecular weight is 223 g/mol. The molecule has 0 fully saturated rings. The summed E-state index contributed by atoms with van der Waals surface area (Å²) in [5, 5.41) is 0. The van der Waals surface area contributed by atoms with Crippen molar-refractivity contribution in [1.29, 1.82) is 0 Å². The summed E-state index contributed by atoms with van der Waals surface area (Å²) < 4.78 is 2.24. The number of benzene rings is 1. The molecule has 1 aromatic heterocycles. The van der Waals surface area contributed by atoms with Crippen LogP contribution in [0, 0.1) is 6.92 Å². The number of hydrogen-bond acceptors (Lipinski definition) is 1. The molecule has 0 spiro atoms. The van der Waals surface area contributed by atoms with E-state index in [1.807, 2.05) is 0 Å². The highest BCUT2D eigenvalue weighted by Gasteiger charge is 2.09. The van der Waals surface area contributed by atoms with Crippen molar-refractivity contribution in [2.24, 2.45) is 0 Å². The van der Waals surface area contributed by atoms with Crippen molar-refractivity contribution >= 4 is 22.6 Å². The van der Waals surface area contributed by atoms with Gasteiger partial charge in [-0.05, 0) is 25.5 Å². The minimum absolute atomic E-state index is 0.627. The van der Waals surface area contributed by atoms with E-state index in [1.165, 1.54) is 11.1 Å². The van der Waals surface area contributed by atoms with Gasteiger partial charge in [-0.25, -0.2) is 4.98 Å². The van der Waals surface area contributed by atoms with E-state index in [1.54, 1.807) is 0 Å². The van der Waals surface area contributed by atoms with E-state index in [2.05, 4.69) is 41.6 Å². The number of halogens is 1. The molecule has 0 aliphatic heterocycles. The Morgan fingerprint density at radius 3 is 2.87 bits per heavy atom. The van der Waals surface area contributed by atoms with Gasteiger partial charge >= 0.3 is 0 Å². The summed E-state index contributed by atoms with van der Waals surface area (Å²) in [6.45, 7) is 5.19. The van der Waals surface area contributed by atoms with Crippen molar-refractivity contribution in [2.45, 2.75) is 26.8 Å². The molecule has 0 N–H and O–H groups in total. The molecule has 0 aliphatic rings. The Morgan fingerprint density at radius 1 is 1.40 bits per heavy atom. The fraction of sp³-hybridized carbons (Fsp3) is 0.417. The smallest absolute Gasteiger partial charge is 0.111 e. The van der Waals surface area contributed by atoms with Crippen LogP contribution >= 0.6 is 11.6 Å². The van der Waals surface area contributed by atoms with Gasteiger partial charge in [0, 0.05) is 18.8 Å². The molecule has 2 aromatic rings. The van der Waals surface area contributed by atoms with Gasteiger partial charge in [-0.3, -0.25) is 0 Å². The minimum Gasteiger partial charge on any atom is -0.328 e. The molecule has 0 aliphatic carbocycles. The Kier molecular flexibility index (Phi) is 2.96. The number of alkyl halides is 1. The molecule has 1 aromatic carbocycles. The number of fused-ring (bicyclic) bond motifs is 1. The Bertz CT molecular complexity index is 474. The second-order valence-corrected chi connectivity index (χ2v) is 4.03. The van der Waals surface area contributed by atoms with Crippen LogP contribution in [0.3, 0.4) is 0 Å². The van der Waals surface area contributed by atoms with Gasteiger partial charge < -0.3 is 4.57 Å². The summed E-state index contributed by atoms with van der Waals surface area (Å²) in [5.41, 5.74) is 3.56. The third-order valence-electron chi connectivity index (χ3n) is 2.69. The fourth-order valence-electron chi connectivity index (χ4n) is 1.96. The Labute approximate surface area is 94.9 Å². The van der Waals surface area contributed by atoms with Crippen molar-refractivity contribution < 1.29 is 0 Å². The normalized spacial score (nSPS) is 11.1. The highest BCUT2D eigenvalue weighted by Crippen LogP contribution is 2.20. The molecule has 0 bridgehead atoms. The van der Waals surface area contributed by atoms with Crippen molar-refractivity contribution in [3.8, 4) is 0 Å². The zero-order valence-electron chi connectivity index (χ0n) is 9.13. The molecule has 0 radical (unpaired) electrons. The molecule has 15 heavy (non-hydrogen) atoms. The van der Waals surface area contributed by atoms with Crippen LogP contribution in [0.25, 0.3) is 11.0 Å². The van der Waals surface area contributed by atoms with Crippen LogP contribution in [0.2, 0.25) is 0 Å². The van der Waals surface area contributed by atoms with Gasteiger partial charge in [0.15, 0.2) is 0 Å². The van der Waals surface area contributed by atoms with E-state index in [4.69, 9.17) is 11.6 Å². The number of rotatable bonds is 3. The number of aromatic nitrogens is 2. The second kappa shape index (κ2) is 4.23. The maximum absolute atomic E-state index is 5.78. The lowest BCUT2D eigenvalue weighted by Crippen LogP contribution is -2.02. The minimum atomic E-state index is 0.627. The molecule has 3 heteroatoms. The lowest BCUT2D eigenvalue weighted by atomic mass is 10.2. The first-order valence-corrected chi connectivity index (χ1v) is 5.82. The fourth-order valence-corrected chi connectivity index (χ4v) is 2.13. The summed E-state index contributed by atoms with van der Waals surface area (Å²) >= 11 is 5.78. The zero-order valence-corrected chi connectivity index (χ0v) is 9.88. The highest BCUT2D eigenvalue weighted by molar-refractivity contribution is 6.17. The maximum Gasteiger partial charge on any atom is 0.111 e. The van der Waals surface area contributed by atoms with Crippen LogP contribution in [0.15, 0.2) is 18.2 Å². The van der Waals surface area contributed by atoms with Crippen molar-refractivity contribution in [3.05, 3.63) is 29.6 Å². The van der Waals surface area contributed by atoms with Gasteiger partial charge in [-0.1, -0.05) is 12.1 Å². The molecule has 80 valence electrons. The van der Waals surface area contributed by atoms with Crippen LogP contribution < -0.4 is 0 Å². The van der Waals surface area contributed by atoms with Gasteiger partial charge in [0.25, 0.3) is 0 Å². The maximum atomic E-state index is 5.78. The first kappa shape index (κ1) is 10.5. The summed E-state index contributed by atoms with van der Waals surface area (Å²) in [5.74, 6) is 1.72. The predicted molar refractivity (Wildman–Crippen MR) is 64.6 cm³/mol. The van der Waals surface area contributed by atoms with Crippen LogP contribution in [0.4, 0.5) is 0 Å². The van der Waals surface area contributed by atoms with Crippen LogP contribution in [0.1, 0.15) is 18.3 Å². The molecule has 0 atom stereocenters. The summed E-state index contributed by atoms with van der Waals surface area (Å²) in [6, 6.07) is 6.30. The largest absolute Gasteiger partial charge is 0.328 e. The monoisotopic (exact) mass is 222 g/mol. The van der Waals surface area contributed by atoms with Crippen LogP contribution in [-0.2, 0) is 13.0 Å². The average Bonchev–Trinajstić information content (AvgIpc) is 2.58. The zero-order chi connectivity index (χ0) is 10.8. The summed E-state index contributed by atoms with van der Waals surface area (Å²) in [7, 11) is 0. The molecule has 1 heterocycles. The quantitative estimate of drug-likeness (QED) is 0.730. The molecule has 0 unspecified atom stereocenters. The van der Waals surface area contributed by atoms with Gasteiger partial charge in [0.05, 0.1) is 11.0 Å². The summed E-state index contributed by atoms with van der Waals surface area (Å²) in [6.07, 6.45) is 0.837. The Morgan fingerprint density at radius 2 is 2.20 bits per heavy atom. The first-order chi connectivity index (χ1) is 7.27. The third kappa shape index (κ3) is 1.74. The van der Waals surface area contributed by atoms with Gasteiger partial charge in [-0.15, -0.1) is 11.6 Å². The number of para-hydroxylation sites is 1. The molecule has 0 amide bonds. The molecule has 2 nitrogen and oxygen atoms in total. The van der Waals surface area contributed by atoms with E-state index in [-0.39, 0.29) is 0 Å². The van der Waals surface area contributed by atoms with E-state index >= 15 is 0 Å². The number of nitrogens with zero attached hydrogens (tertiary/aromatic N) is 2. The van der Waals surface area contributed by atoms with Crippen molar-refractivity contribution in [2.75, 3.05) is 5.88 Å². The Hall–Kier alpha value is -1.02. The lowest BCUT2D eigenvalue weighted by Gasteiger charge is -2.03. The first-order valence-electron chi connectivity index (χ1n) is 5.28. The predicted octanol–water partition coefficient (Wildman–Crippen LogP) is 3.15.